The van der Waals surface area contributed by atoms with Crippen LogP contribution in [0.2, 0.25) is 0 Å². The van der Waals surface area contributed by atoms with Crippen LogP contribution in [-0.4, -0.2) is 36.7 Å². The van der Waals surface area contributed by atoms with E-state index in [1.807, 2.05) is 36.4 Å². The average molecular weight is 339 g/mol. The maximum absolute atomic E-state index is 12.1. The van der Waals surface area contributed by atoms with Gasteiger partial charge in [0.05, 0.1) is 12.2 Å². The predicted octanol–water partition coefficient (Wildman–Crippen LogP) is 3.50. The Bertz CT molecular complexity index is 702. The van der Waals surface area contributed by atoms with E-state index in [1.54, 1.807) is 29.2 Å². The van der Waals surface area contributed by atoms with Gasteiger partial charge in [-0.1, -0.05) is 48.5 Å². The van der Waals surface area contributed by atoms with Gasteiger partial charge in [-0.2, -0.15) is 0 Å². The van der Waals surface area contributed by atoms with Gasteiger partial charge in [-0.3, -0.25) is 0 Å². The minimum absolute atomic E-state index is 0.150. The molecule has 1 aliphatic rings. The van der Waals surface area contributed by atoms with Crippen LogP contribution in [0, 0.1) is 5.92 Å². The lowest BCUT2D eigenvalue weighted by molar-refractivity contribution is 0.0442. The molecule has 1 unspecified atom stereocenters. The molecule has 0 N–H and O–H groups in total. The number of esters is 1. The summed E-state index contributed by atoms with van der Waals surface area (Å²) in [6.45, 7) is 1.76. The van der Waals surface area contributed by atoms with Crippen molar-refractivity contribution in [3.63, 3.8) is 0 Å². The maximum Gasteiger partial charge on any atom is 0.410 e. The summed E-state index contributed by atoms with van der Waals surface area (Å²) < 4.78 is 10.7. The molecular formula is C20H21NO4. The minimum Gasteiger partial charge on any atom is -0.462 e. The molecule has 0 radical (unpaired) electrons. The van der Waals surface area contributed by atoms with E-state index in [0.29, 0.717) is 25.3 Å². The van der Waals surface area contributed by atoms with E-state index < -0.39 is 0 Å². The summed E-state index contributed by atoms with van der Waals surface area (Å²) in [5.74, 6) is -0.178. The van der Waals surface area contributed by atoms with Gasteiger partial charge in [-0.25, -0.2) is 9.59 Å². The second kappa shape index (κ2) is 8.33. The number of amides is 1. The highest BCUT2D eigenvalue weighted by molar-refractivity contribution is 5.89. The summed E-state index contributed by atoms with van der Waals surface area (Å²) >= 11 is 0. The van der Waals surface area contributed by atoms with Crippen LogP contribution in [0.1, 0.15) is 22.3 Å². The van der Waals surface area contributed by atoms with Crippen molar-refractivity contribution in [2.75, 3.05) is 19.7 Å². The highest BCUT2D eigenvalue weighted by Crippen LogP contribution is 2.18. The molecule has 5 heteroatoms. The summed E-state index contributed by atoms with van der Waals surface area (Å²) in [7, 11) is 0. The van der Waals surface area contributed by atoms with Crippen molar-refractivity contribution in [3.05, 3.63) is 71.8 Å². The van der Waals surface area contributed by atoms with Gasteiger partial charge < -0.3 is 14.4 Å². The van der Waals surface area contributed by atoms with Gasteiger partial charge in [0, 0.05) is 19.0 Å². The first kappa shape index (κ1) is 17.0. The molecular weight excluding hydrogens is 318 g/mol. The summed E-state index contributed by atoms with van der Waals surface area (Å²) in [5.41, 5.74) is 1.50. The topological polar surface area (TPSA) is 55.8 Å². The first-order valence-electron chi connectivity index (χ1n) is 8.40. The highest BCUT2D eigenvalue weighted by Gasteiger charge is 2.28. The molecule has 1 saturated heterocycles. The van der Waals surface area contributed by atoms with E-state index in [1.165, 1.54) is 0 Å². The lowest BCUT2D eigenvalue weighted by atomic mass is 10.1. The number of hydrogen-bond acceptors (Lipinski definition) is 4. The standard InChI is InChI=1S/C20H21NO4/c22-19(18-9-5-2-6-10-18)24-15-17-11-12-21(13-17)20(23)25-14-16-7-3-1-4-8-16/h1-10,17H,11-15H2. The largest absolute Gasteiger partial charge is 0.462 e. The third-order valence-electron chi connectivity index (χ3n) is 4.21. The zero-order valence-corrected chi connectivity index (χ0v) is 14.0. The molecule has 0 bridgehead atoms. The minimum atomic E-state index is -0.328. The summed E-state index contributed by atoms with van der Waals surface area (Å²) in [6, 6.07) is 18.5. The molecule has 1 amide bonds. The number of benzene rings is 2. The summed E-state index contributed by atoms with van der Waals surface area (Å²) in [5, 5.41) is 0. The molecule has 0 spiro atoms. The molecule has 5 nitrogen and oxygen atoms in total. The van der Waals surface area contributed by atoms with Crippen LogP contribution < -0.4 is 0 Å². The van der Waals surface area contributed by atoms with Crippen LogP contribution >= 0.6 is 0 Å². The van der Waals surface area contributed by atoms with Gasteiger partial charge in [0.2, 0.25) is 0 Å². The Labute approximate surface area is 147 Å². The van der Waals surface area contributed by atoms with E-state index >= 15 is 0 Å². The van der Waals surface area contributed by atoms with E-state index in [0.717, 1.165) is 12.0 Å². The third-order valence-corrected chi connectivity index (χ3v) is 4.21. The van der Waals surface area contributed by atoms with E-state index in [2.05, 4.69) is 0 Å². The first-order valence-corrected chi connectivity index (χ1v) is 8.40. The van der Waals surface area contributed by atoms with Crippen molar-refractivity contribution in [2.45, 2.75) is 13.0 Å². The SMILES string of the molecule is O=C(OCC1CCN(C(=O)OCc2ccccc2)C1)c1ccccc1. The van der Waals surface area contributed by atoms with E-state index in [-0.39, 0.29) is 24.6 Å². The molecule has 0 aliphatic carbocycles. The zero-order chi connectivity index (χ0) is 17.5. The zero-order valence-electron chi connectivity index (χ0n) is 14.0. The Morgan fingerprint density at radius 3 is 2.36 bits per heavy atom. The maximum atomic E-state index is 12.1. The van der Waals surface area contributed by atoms with Gasteiger partial charge in [0.1, 0.15) is 6.61 Å². The number of likely N-dealkylation sites (tertiary alicyclic amines) is 1. The highest BCUT2D eigenvalue weighted by atomic mass is 16.6. The van der Waals surface area contributed by atoms with Crippen molar-refractivity contribution >= 4 is 12.1 Å². The van der Waals surface area contributed by atoms with Crippen molar-refractivity contribution < 1.29 is 19.1 Å². The van der Waals surface area contributed by atoms with E-state index in [9.17, 15) is 9.59 Å². The number of rotatable bonds is 5. The van der Waals surface area contributed by atoms with Crippen LogP contribution in [-0.2, 0) is 16.1 Å². The fraction of sp³-hybridized carbons (Fsp3) is 0.300. The second-order valence-electron chi connectivity index (χ2n) is 6.11. The molecule has 0 aromatic heterocycles. The first-order chi connectivity index (χ1) is 12.2. The number of carbonyl (C=O) groups excluding carboxylic acids is 2. The quantitative estimate of drug-likeness (QED) is 0.782. The van der Waals surface area contributed by atoms with Crippen molar-refractivity contribution in [1.82, 2.24) is 4.90 Å². The van der Waals surface area contributed by atoms with Crippen molar-refractivity contribution in [2.24, 2.45) is 5.92 Å². The average Bonchev–Trinajstić information content (AvgIpc) is 3.15. The number of carbonyl (C=O) groups is 2. The Balaban J connectivity index is 1.41. The molecule has 25 heavy (non-hydrogen) atoms. The normalized spacial score (nSPS) is 16.5. The van der Waals surface area contributed by atoms with Crippen molar-refractivity contribution in [3.8, 4) is 0 Å². The molecule has 0 saturated carbocycles. The Hall–Kier alpha value is -2.82. The number of ether oxygens (including phenoxy) is 2. The van der Waals surface area contributed by atoms with Gasteiger partial charge in [0.25, 0.3) is 0 Å². The van der Waals surface area contributed by atoms with Crippen LogP contribution in [0.5, 0.6) is 0 Å². The van der Waals surface area contributed by atoms with Gasteiger partial charge >= 0.3 is 12.1 Å². The molecule has 3 rings (SSSR count). The van der Waals surface area contributed by atoms with Crippen LogP contribution in [0.15, 0.2) is 60.7 Å². The van der Waals surface area contributed by atoms with Crippen LogP contribution in [0.4, 0.5) is 4.79 Å². The molecule has 2 aromatic carbocycles. The smallest absolute Gasteiger partial charge is 0.410 e. The molecule has 2 aromatic rings. The monoisotopic (exact) mass is 339 g/mol. The Morgan fingerprint density at radius 2 is 1.64 bits per heavy atom. The molecule has 130 valence electrons. The molecule has 1 aliphatic heterocycles. The third kappa shape index (κ3) is 4.83. The lowest BCUT2D eigenvalue weighted by Gasteiger charge is -2.16. The fourth-order valence-electron chi connectivity index (χ4n) is 2.80. The number of nitrogens with zero attached hydrogens (tertiary/aromatic N) is 1. The molecule has 1 heterocycles. The summed E-state index contributed by atoms with van der Waals surface area (Å²) in [4.78, 5) is 25.7. The molecule has 1 fully saturated rings. The second-order valence-corrected chi connectivity index (χ2v) is 6.11. The summed E-state index contributed by atoms with van der Waals surface area (Å²) in [6.07, 6.45) is 0.489. The predicted molar refractivity (Wildman–Crippen MR) is 93.0 cm³/mol. The van der Waals surface area contributed by atoms with Crippen LogP contribution in [0.25, 0.3) is 0 Å². The van der Waals surface area contributed by atoms with Gasteiger partial charge in [0.15, 0.2) is 0 Å². The lowest BCUT2D eigenvalue weighted by Crippen LogP contribution is -2.30. The van der Waals surface area contributed by atoms with Crippen LogP contribution in [0.3, 0.4) is 0 Å². The Morgan fingerprint density at radius 1 is 0.960 bits per heavy atom. The fourth-order valence-corrected chi connectivity index (χ4v) is 2.80. The van der Waals surface area contributed by atoms with Gasteiger partial charge in [-0.05, 0) is 24.1 Å². The number of hydrogen-bond donors (Lipinski definition) is 0. The van der Waals surface area contributed by atoms with E-state index in [4.69, 9.17) is 9.47 Å². The van der Waals surface area contributed by atoms with Crippen molar-refractivity contribution in [1.29, 1.82) is 0 Å². The Kier molecular flexibility index (Phi) is 5.67. The van der Waals surface area contributed by atoms with Gasteiger partial charge in [-0.15, -0.1) is 0 Å². The molecule has 1 atom stereocenters.